The van der Waals surface area contributed by atoms with Gasteiger partial charge in [-0.05, 0) is 55.5 Å². The molecule has 39 heavy (non-hydrogen) atoms. The van der Waals surface area contributed by atoms with Gasteiger partial charge in [0.2, 0.25) is 0 Å². The number of thiazole rings is 1. The Kier molecular flexibility index (Phi) is 8.98. The van der Waals surface area contributed by atoms with E-state index in [1.165, 1.54) is 43.8 Å². The number of carbonyl (C=O) groups is 1. The summed E-state index contributed by atoms with van der Waals surface area (Å²) in [6.45, 7) is 1.33. The fourth-order valence-electron chi connectivity index (χ4n) is 3.98. The van der Waals surface area contributed by atoms with Gasteiger partial charge in [0.1, 0.15) is 35.5 Å². The Morgan fingerprint density at radius 3 is 2.51 bits per heavy atom. The van der Waals surface area contributed by atoms with Gasteiger partial charge >= 0.3 is 0 Å². The van der Waals surface area contributed by atoms with Gasteiger partial charge in [-0.3, -0.25) is 4.79 Å². The number of hydrogen-bond donors (Lipinski definition) is 1. The van der Waals surface area contributed by atoms with Gasteiger partial charge in [-0.1, -0.05) is 11.6 Å². The summed E-state index contributed by atoms with van der Waals surface area (Å²) in [5, 5.41) is 5.52. The van der Waals surface area contributed by atoms with Crippen molar-refractivity contribution in [3.05, 3.63) is 87.2 Å². The number of rotatable bonds is 11. The van der Waals surface area contributed by atoms with Crippen molar-refractivity contribution in [3.63, 3.8) is 0 Å². The summed E-state index contributed by atoms with van der Waals surface area (Å²) < 4.78 is 42.5. The first-order chi connectivity index (χ1) is 18.8. The van der Waals surface area contributed by atoms with E-state index in [0.29, 0.717) is 39.8 Å². The summed E-state index contributed by atoms with van der Waals surface area (Å²) in [5.74, 6) is 0.249. The number of ether oxygens (including phenoxy) is 3. The van der Waals surface area contributed by atoms with Crippen LogP contribution in [0.3, 0.4) is 0 Å². The molecule has 1 atom stereocenters. The van der Waals surface area contributed by atoms with Crippen LogP contribution in [0.25, 0.3) is 11.3 Å². The van der Waals surface area contributed by atoms with Gasteiger partial charge in [-0.25, -0.2) is 18.7 Å². The zero-order valence-corrected chi connectivity index (χ0v) is 23.0. The average molecular weight is 574 g/mol. The van der Waals surface area contributed by atoms with Crippen molar-refractivity contribution in [2.75, 3.05) is 34.0 Å². The zero-order valence-electron chi connectivity index (χ0n) is 21.5. The maximum atomic E-state index is 13.8. The maximum absolute atomic E-state index is 13.8. The van der Waals surface area contributed by atoms with Crippen LogP contribution >= 0.6 is 22.9 Å². The molecule has 7 nitrogen and oxygen atoms in total. The van der Waals surface area contributed by atoms with Crippen molar-refractivity contribution in [3.8, 4) is 28.5 Å². The minimum absolute atomic E-state index is 0.0340. The van der Waals surface area contributed by atoms with E-state index in [1.807, 2.05) is 12.3 Å². The first-order valence-electron chi connectivity index (χ1n) is 11.9. The Morgan fingerprint density at radius 2 is 1.85 bits per heavy atom. The quantitative estimate of drug-likeness (QED) is 0.233. The molecule has 4 aromatic rings. The Bertz CT molecular complexity index is 1460. The molecule has 1 unspecified atom stereocenters. The number of benzene rings is 2. The molecule has 2 aromatic carbocycles. The molecule has 4 rings (SSSR count). The molecule has 0 aliphatic carbocycles. The number of nitrogens with one attached hydrogen (secondary N) is 1. The summed E-state index contributed by atoms with van der Waals surface area (Å²) in [7, 11) is 2.97. The van der Waals surface area contributed by atoms with Crippen molar-refractivity contribution < 1.29 is 27.8 Å². The number of aromatic nitrogens is 2. The lowest BCUT2D eigenvalue weighted by molar-refractivity contribution is 0.0946. The van der Waals surface area contributed by atoms with E-state index in [-0.39, 0.29) is 24.1 Å². The molecule has 1 amide bonds. The molecule has 2 aromatic heterocycles. The number of methoxy groups -OCH3 is 2. The van der Waals surface area contributed by atoms with Gasteiger partial charge in [0.05, 0.1) is 30.4 Å². The van der Waals surface area contributed by atoms with E-state index in [9.17, 15) is 13.6 Å². The van der Waals surface area contributed by atoms with E-state index in [0.717, 1.165) is 5.01 Å². The Morgan fingerprint density at radius 1 is 1.08 bits per heavy atom. The molecule has 1 N–H and O–H groups in total. The summed E-state index contributed by atoms with van der Waals surface area (Å²) in [4.78, 5) is 22.6. The van der Waals surface area contributed by atoms with Crippen LogP contribution in [0.5, 0.6) is 17.2 Å². The summed E-state index contributed by atoms with van der Waals surface area (Å²) in [6.07, 6.45) is 1.69. The normalized spacial score (nSPS) is 12.5. The third-order valence-electron chi connectivity index (χ3n) is 6.10. The van der Waals surface area contributed by atoms with Crippen molar-refractivity contribution in [1.29, 1.82) is 0 Å². The molecular formula is C28H26ClF2N3O4S. The van der Waals surface area contributed by atoms with Gasteiger partial charge in [-0.15, -0.1) is 11.3 Å². The van der Waals surface area contributed by atoms with E-state index in [2.05, 4.69) is 10.3 Å². The van der Waals surface area contributed by atoms with Crippen LogP contribution < -0.4 is 19.5 Å². The number of carbonyl (C=O) groups excluding carboxylic acids is 1. The molecule has 0 aliphatic heterocycles. The Balaban J connectivity index is 1.67. The number of alkyl halides is 1. The van der Waals surface area contributed by atoms with Crippen LogP contribution in [0.1, 0.15) is 28.0 Å². The largest absolute Gasteiger partial charge is 0.494 e. The molecule has 0 fully saturated rings. The average Bonchev–Trinajstić information content (AvgIpc) is 3.51. The molecule has 0 spiro atoms. The minimum atomic E-state index is -0.830. The zero-order chi connectivity index (χ0) is 28.0. The van der Waals surface area contributed by atoms with Crippen LogP contribution in [0.2, 0.25) is 5.02 Å². The van der Waals surface area contributed by atoms with Crippen molar-refractivity contribution in [2.45, 2.75) is 12.3 Å². The first kappa shape index (κ1) is 28.3. The maximum Gasteiger partial charge on any atom is 0.251 e. The monoisotopic (exact) mass is 573 g/mol. The molecule has 0 saturated carbocycles. The Hall–Kier alpha value is -3.76. The van der Waals surface area contributed by atoms with E-state index >= 15 is 0 Å². The number of halogens is 3. The van der Waals surface area contributed by atoms with Crippen LogP contribution in [-0.2, 0) is 5.41 Å². The fraction of sp³-hybridized carbons (Fsp3) is 0.250. The van der Waals surface area contributed by atoms with E-state index in [4.69, 9.17) is 30.8 Å². The molecule has 0 radical (unpaired) electrons. The third kappa shape index (κ3) is 6.12. The molecule has 204 valence electrons. The van der Waals surface area contributed by atoms with Crippen LogP contribution in [-0.4, -0.2) is 49.9 Å². The highest BCUT2D eigenvalue weighted by Gasteiger charge is 2.35. The van der Waals surface area contributed by atoms with E-state index < -0.39 is 17.9 Å². The number of nitrogens with zero attached hydrogens (tertiary/aromatic N) is 2. The molecular weight excluding hydrogens is 548 g/mol. The number of amides is 1. The molecule has 0 bridgehead atoms. The van der Waals surface area contributed by atoms with Crippen molar-refractivity contribution >= 4 is 28.8 Å². The lowest BCUT2D eigenvalue weighted by atomic mass is 9.86. The number of hydrogen-bond acceptors (Lipinski definition) is 7. The summed E-state index contributed by atoms with van der Waals surface area (Å²) >= 11 is 7.47. The lowest BCUT2D eigenvalue weighted by Crippen LogP contribution is -2.40. The smallest absolute Gasteiger partial charge is 0.251 e. The van der Waals surface area contributed by atoms with Crippen molar-refractivity contribution in [1.82, 2.24) is 15.3 Å². The predicted molar refractivity (Wildman–Crippen MR) is 147 cm³/mol. The minimum Gasteiger partial charge on any atom is -0.494 e. The number of pyridine rings is 1. The second-order valence-electron chi connectivity index (χ2n) is 8.63. The SMILES string of the molecule is COc1cc(C(=O)NCC(C)(c2ccc(OC)c(-c3ccc(F)c(Cl)c3)n2)c2nccs2)ccc1OCCF. The highest BCUT2D eigenvalue weighted by atomic mass is 35.5. The van der Waals surface area contributed by atoms with Gasteiger partial charge in [0, 0.05) is 29.2 Å². The van der Waals surface area contributed by atoms with Crippen molar-refractivity contribution in [2.24, 2.45) is 0 Å². The first-order valence-corrected chi connectivity index (χ1v) is 13.1. The van der Waals surface area contributed by atoms with E-state index in [1.54, 1.807) is 36.5 Å². The Labute approximate surface area is 233 Å². The van der Waals surface area contributed by atoms with Gasteiger partial charge < -0.3 is 19.5 Å². The predicted octanol–water partition coefficient (Wildman–Crippen LogP) is 6.10. The van der Waals surface area contributed by atoms with Gasteiger partial charge in [0.25, 0.3) is 5.91 Å². The van der Waals surface area contributed by atoms with Crippen LogP contribution in [0.4, 0.5) is 8.78 Å². The fourth-order valence-corrected chi connectivity index (χ4v) is 4.97. The molecule has 11 heteroatoms. The van der Waals surface area contributed by atoms with Crippen LogP contribution in [0, 0.1) is 5.82 Å². The topological polar surface area (TPSA) is 82.6 Å². The molecule has 0 saturated heterocycles. The third-order valence-corrected chi connectivity index (χ3v) is 7.43. The standard InChI is InChI=1S/C28H26ClF2N3O4S/c1-28(27-32-11-13-39-27,16-33-26(35)18-5-7-21(38-12-10-30)23(15-18)37-3)24-9-8-22(36-2)25(34-24)17-4-6-20(31)19(29)14-17/h4-9,11,13-15H,10,12,16H2,1-3H3,(H,33,35). The molecule has 2 heterocycles. The highest BCUT2D eigenvalue weighted by Crippen LogP contribution is 2.37. The molecule has 0 aliphatic rings. The summed E-state index contributed by atoms with van der Waals surface area (Å²) in [5.41, 5.74) is 1.17. The summed E-state index contributed by atoms with van der Waals surface area (Å²) in [6, 6.07) is 12.6. The van der Waals surface area contributed by atoms with Crippen LogP contribution in [0.15, 0.2) is 60.1 Å². The second-order valence-corrected chi connectivity index (χ2v) is 9.93. The lowest BCUT2D eigenvalue weighted by Gasteiger charge is -2.28. The van der Waals surface area contributed by atoms with Gasteiger partial charge in [0.15, 0.2) is 11.5 Å². The second kappa shape index (κ2) is 12.4. The van der Waals surface area contributed by atoms with Gasteiger partial charge in [-0.2, -0.15) is 0 Å². The highest BCUT2D eigenvalue weighted by molar-refractivity contribution is 7.09.